The number of carbonyl (C=O) groups excluding carboxylic acids is 3. The number of nitriles is 1. The second-order valence-corrected chi connectivity index (χ2v) is 6.87. The number of hydrogen-bond donors (Lipinski definition) is 1. The third kappa shape index (κ3) is 6.74. The molecule has 30 heavy (non-hydrogen) atoms. The third-order valence-electron chi connectivity index (χ3n) is 4.62. The summed E-state index contributed by atoms with van der Waals surface area (Å²) >= 11 is 0. The molecule has 0 unspecified atom stereocenters. The van der Waals surface area contributed by atoms with Gasteiger partial charge >= 0.3 is 0 Å². The summed E-state index contributed by atoms with van der Waals surface area (Å²) in [6.07, 6.45) is 0.261. The molecular formula is C23H26N4O3. The zero-order valence-electron chi connectivity index (χ0n) is 17.3. The number of benzene rings is 2. The van der Waals surface area contributed by atoms with Crippen molar-refractivity contribution in [1.82, 2.24) is 4.90 Å². The Labute approximate surface area is 176 Å². The third-order valence-corrected chi connectivity index (χ3v) is 4.62. The SMILES string of the molecule is CC(=O)N(C)Cc1ccccc1NC(=O)CCC(=O)N(CCC#N)c1ccccc1. The Balaban J connectivity index is 1.99. The van der Waals surface area contributed by atoms with E-state index in [0.717, 1.165) is 5.56 Å². The first kappa shape index (κ1) is 22.6. The van der Waals surface area contributed by atoms with Crippen molar-refractivity contribution in [2.75, 3.05) is 23.8 Å². The average molecular weight is 406 g/mol. The molecule has 0 heterocycles. The maximum atomic E-state index is 12.7. The van der Waals surface area contributed by atoms with E-state index in [-0.39, 0.29) is 43.5 Å². The Bertz CT molecular complexity index is 922. The van der Waals surface area contributed by atoms with Gasteiger partial charge < -0.3 is 15.1 Å². The number of nitrogens with one attached hydrogen (secondary N) is 1. The summed E-state index contributed by atoms with van der Waals surface area (Å²) in [5.74, 6) is -0.564. The van der Waals surface area contributed by atoms with Crippen molar-refractivity contribution in [1.29, 1.82) is 5.26 Å². The number of nitrogens with zero attached hydrogens (tertiary/aromatic N) is 3. The fourth-order valence-electron chi connectivity index (χ4n) is 2.88. The van der Waals surface area contributed by atoms with Crippen LogP contribution in [0.25, 0.3) is 0 Å². The average Bonchev–Trinajstić information content (AvgIpc) is 2.74. The normalized spacial score (nSPS) is 10.0. The van der Waals surface area contributed by atoms with Gasteiger partial charge in [-0.2, -0.15) is 5.26 Å². The van der Waals surface area contributed by atoms with Crippen LogP contribution >= 0.6 is 0 Å². The van der Waals surface area contributed by atoms with Gasteiger partial charge in [0.15, 0.2) is 0 Å². The molecule has 0 aliphatic heterocycles. The van der Waals surface area contributed by atoms with Crippen molar-refractivity contribution in [3.63, 3.8) is 0 Å². The molecule has 0 aromatic heterocycles. The smallest absolute Gasteiger partial charge is 0.227 e. The van der Waals surface area contributed by atoms with Gasteiger partial charge in [-0.1, -0.05) is 36.4 Å². The topological polar surface area (TPSA) is 93.5 Å². The van der Waals surface area contributed by atoms with Crippen LogP contribution in [0.15, 0.2) is 54.6 Å². The lowest BCUT2D eigenvalue weighted by Crippen LogP contribution is -2.32. The second-order valence-electron chi connectivity index (χ2n) is 6.87. The van der Waals surface area contributed by atoms with Gasteiger partial charge in [0, 0.05) is 51.3 Å². The molecule has 3 amide bonds. The van der Waals surface area contributed by atoms with Crippen molar-refractivity contribution in [2.24, 2.45) is 0 Å². The monoisotopic (exact) mass is 406 g/mol. The molecule has 7 heteroatoms. The van der Waals surface area contributed by atoms with Crippen LogP contribution in [-0.2, 0) is 20.9 Å². The van der Waals surface area contributed by atoms with Crippen LogP contribution in [-0.4, -0.2) is 36.2 Å². The van der Waals surface area contributed by atoms with Gasteiger partial charge in [-0.15, -0.1) is 0 Å². The zero-order chi connectivity index (χ0) is 21.9. The second kappa shape index (κ2) is 11.4. The molecule has 0 fully saturated rings. The molecule has 0 radical (unpaired) electrons. The van der Waals surface area contributed by atoms with Crippen LogP contribution in [0.5, 0.6) is 0 Å². The fraction of sp³-hybridized carbons (Fsp3) is 0.304. The summed E-state index contributed by atoms with van der Waals surface area (Å²) in [5.41, 5.74) is 2.14. The Kier molecular flexibility index (Phi) is 8.57. The highest BCUT2D eigenvalue weighted by atomic mass is 16.2. The van der Waals surface area contributed by atoms with E-state index in [1.165, 1.54) is 11.8 Å². The lowest BCUT2D eigenvalue weighted by atomic mass is 10.1. The van der Waals surface area contributed by atoms with E-state index in [4.69, 9.17) is 5.26 Å². The molecule has 2 aromatic rings. The minimum atomic E-state index is -0.283. The minimum absolute atomic E-state index is 0.0194. The van der Waals surface area contributed by atoms with E-state index >= 15 is 0 Å². The standard InChI is InChI=1S/C23H26N4O3/c1-18(28)26(2)17-19-9-6-7-12-21(19)25-22(29)13-14-23(30)27(16-8-15-24)20-10-4-3-5-11-20/h3-7,9-12H,8,13-14,16-17H2,1-2H3,(H,25,29). The predicted octanol–water partition coefficient (Wildman–Crippen LogP) is 3.33. The van der Waals surface area contributed by atoms with Crippen molar-refractivity contribution in [3.05, 3.63) is 60.2 Å². The van der Waals surface area contributed by atoms with Crippen LogP contribution in [0.3, 0.4) is 0 Å². The largest absolute Gasteiger partial charge is 0.342 e. The van der Waals surface area contributed by atoms with Crippen LogP contribution in [0, 0.1) is 11.3 Å². The molecule has 0 atom stereocenters. The molecule has 0 saturated heterocycles. The van der Waals surface area contributed by atoms with E-state index in [9.17, 15) is 14.4 Å². The summed E-state index contributed by atoms with van der Waals surface area (Å²) in [7, 11) is 1.69. The van der Waals surface area contributed by atoms with E-state index in [1.807, 2.05) is 36.4 Å². The van der Waals surface area contributed by atoms with E-state index in [0.29, 0.717) is 17.9 Å². The first-order valence-corrected chi connectivity index (χ1v) is 9.74. The number of carbonyl (C=O) groups is 3. The van der Waals surface area contributed by atoms with Gasteiger partial charge in [-0.3, -0.25) is 14.4 Å². The van der Waals surface area contributed by atoms with Gasteiger partial charge in [0.1, 0.15) is 0 Å². The van der Waals surface area contributed by atoms with Gasteiger partial charge in [-0.05, 0) is 23.8 Å². The highest BCUT2D eigenvalue weighted by molar-refractivity contribution is 5.98. The van der Waals surface area contributed by atoms with Gasteiger partial charge in [0.05, 0.1) is 12.5 Å². The van der Waals surface area contributed by atoms with Gasteiger partial charge in [0.25, 0.3) is 0 Å². The first-order chi connectivity index (χ1) is 14.4. The van der Waals surface area contributed by atoms with Crippen LogP contribution in [0.2, 0.25) is 0 Å². The Morgan fingerprint density at radius 2 is 1.67 bits per heavy atom. The van der Waals surface area contributed by atoms with E-state index in [1.54, 1.807) is 36.2 Å². The Morgan fingerprint density at radius 1 is 1.00 bits per heavy atom. The van der Waals surface area contributed by atoms with Gasteiger partial charge in [0.2, 0.25) is 17.7 Å². The molecule has 2 aromatic carbocycles. The molecule has 0 spiro atoms. The van der Waals surface area contributed by atoms with Crippen LogP contribution < -0.4 is 10.2 Å². The molecule has 156 valence electrons. The molecule has 1 N–H and O–H groups in total. The molecule has 0 bridgehead atoms. The summed E-state index contributed by atoms with van der Waals surface area (Å²) in [4.78, 5) is 39.7. The maximum Gasteiger partial charge on any atom is 0.227 e. The Morgan fingerprint density at radius 3 is 2.33 bits per heavy atom. The lowest BCUT2D eigenvalue weighted by molar-refractivity contribution is -0.128. The molecule has 2 rings (SSSR count). The molecule has 7 nitrogen and oxygen atoms in total. The summed E-state index contributed by atoms with van der Waals surface area (Å²) in [6, 6.07) is 18.4. The molecular weight excluding hydrogens is 380 g/mol. The summed E-state index contributed by atoms with van der Waals surface area (Å²) < 4.78 is 0. The van der Waals surface area contributed by atoms with Crippen LogP contribution in [0.4, 0.5) is 11.4 Å². The van der Waals surface area contributed by atoms with E-state index < -0.39 is 0 Å². The highest BCUT2D eigenvalue weighted by Crippen LogP contribution is 2.19. The number of rotatable bonds is 9. The Hall–Kier alpha value is -3.66. The highest BCUT2D eigenvalue weighted by Gasteiger charge is 2.17. The van der Waals surface area contributed by atoms with Crippen molar-refractivity contribution >= 4 is 29.1 Å². The predicted molar refractivity (Wildman–Crippen MR) is 115 cm³/mol. The fourth-order valence-corrected chi connectivity index (χ4v) is 2.88. The van der Waals surface area contributed by atoms with Crippen molar-refractivity contribution < 1.29 is 14.4 Å². The number of para-hydroxylation sites is 2. The summed E-state index contributed by atoms with van der Waals surface area (Å²) in [5, 5.41) is 11.7. The van der Waals surface area contributed by atoms with E-state index in [2.05, 4.69) is 5.32 Å². The maximum absolute atomic E-state index is 12.7. The van der Waals surface area contributed by atoms with Crippen molar-refractivity contribution in [3.8, 4) is 6.07 Å². The number of hydrogen-bond acceptors (Lipinski definition) is 4. The van der Waals surface area contributed by atoms with Gasteiger partial charge in [-0.25, -0.2) is 0 Å². The molecule has 0 aliphatic rings. The number of anilines is 2. The first-order valence-electron chi connectivity index (χ1n) is 9.74. The zero-order valence-corrected chi connectivity index (χ0v) is 17.3. The van der Waals surface area contributed by atoms with Crippen molar-refractivity contribution in [2.45, 2.75) is 32.7 Å². The molecule has 0 saturated carbocycles. The quantitative estimate of drug-likeness (QED) is 0.691. The lowest BCUT2D eigenvalue weighted by Gasteiger charge is -2.22. The summed E-state index contributed by atoms with van der Waals surface area (Å²) in [6.45, 7) is 2.14. The molecule has 0 aliphatic carbocycles. The van der Waals surface area contributed by atoms with Crippen LogP contribution in [0.1, 0.15) is 31.7 Å². The minimum Gasteiger partial charge on any atom is -0.342 e. The number of amides is 3.